The summed E-state index contributed by atoms with van der Waals surface area (Å²) in [5, 5.41) is 16.5. The van der Waals surface area contributed by atoms with Crippen molar-refractivity contribution >= 4 is 27.5 Å². The van der Waals surface area contributed by atoms with Gasteiger partial charge in [-0.05, 0) is 25.3 Å². The minimum atomic E-state index is -4.20. The van der Waals surface area contributed by atoms with E-state index in [0.29, 0.717) is 28.9 Å². The summed E-state index contributed by atoms with van der Waals surface area (Å²) in [6.07, 6.45) is 1.31. The second kappa shape index (κ2) is 7.01. The van der Waals surface area contributed by atoms with Crippen LogP contribution in [0.4, 0.5) is 15.8 Å². The van der Waals surface area contributed by atoms with Gasteiger partial charge in [0.05, 0.1) is 6.54 Å². The van der Waals surface area contributed by atoms with E-state index in [0.717, 1.165) is 13.0 Å². The van der Waals surface area contributed by atoms with E-state index in [-0.39, 0.29) is 11.6 Å². The fourth-order valence-corrected chi connectivity index (χ4v) is 4.34. The SMILES string of the molecule is CC(C)CCNC1CNc2cc(O)c(N3C(=O)CNS3(=O)=O)c(F)c2C1. The number of hydrogen-bond donors (Lipinski definition) is 4. The number of carbonyl (C=O) groups is 1. The van der Waals surface area contributed by atoms with Crippen molar-refractivity contribution < 1.29 is 22.7 Å². The first-order valence-electron chi connectivity index (χ1n) is 8.55. The number of carbonyl (C=O) groups excluding carboxylic acids is 1. The van der Waals surface area contributed by atoms with Gasteiger partial charge in [-0.2, -0.15) is 17.4 Å². The summed E-state index contributed by atoms with van der Waals surface area (Å²) in [5.74, 6) is -1.79. The van der Waals surface area contributed by atoms with E-state index in [1.54, 1.807) is 0 Å². The van der Waals surface area contributed by atoms with Crippen LogP contribution in [0.1, 0.15) is 25.8 Å². The lowest BCUT2D eigenvalue weighted by atomic mass is 9.97. The number of hydrogen-bond acceptors (Lipinski definition) is 6. The molecule has 0 saturated carbocycles. The Labute approximate surface area is 151 Å². The van der Waals surface area contributed by atoms with Crippen molar-refractivity contribution in [2.75, 3.05) is 29.3 Å². The van der Waals surface area contributed by atoms with Gasteiger partial charge >= 0.3 is 10.2 Å². The number of anilines is 2. The van der Waals surface area contributed by atoms with E-state index in [1.807, 2.05) is 4.72 Å². The Morgan fingerprint density at radius 2 is 2.19 bits per heavy atom. The molecule has 1 unspecified atom stereocenters. The molecule has 4 N–H and O–H groups in total. The minimum Gasteiger partial charge on any atom is -0.506 e. The second-order valence-electron chi connectivity index (χ2n) is 6.99. The van der Waals surface area contributed by atoms with Crippen LogP contribution in [0.2, 0.25) is 0 Å². The molecule has 10 heteroatoms. The van der Waals surface area contributed by atoms with Gasteiger partial charge in [0.1, 0.15) is 11.4 Å². The number of phenolic OH excluding ortho intramolecular Hbond substituents is 1. The van der Waals surface area contributed by atoms with Crippen LogP contribution in [0.15, 0.2) is 6.07 Å². The Kier molecular flexibility index (Phi) is 5.09. The number of nitrogens with one attached hydrogen (secondary N) is 3. The van der Waals surface area contributed by atoms with Crippen molar-refractivity contribution in [3.8, 4) is 5.75 Å². The maximum Gasteiger partial charge on any atom is 0.308 e. The topological polar surface area (TPSA) is 111 Å². The lowest BCUT2D eigenvalue weighted by Crippen LogP contribution is -2.41. The van der Waals surface area contributed by atoms with Gasteiger partial charge in [0.25, 0.3) is 5.91 Å². The van der Waals surface area contributed by atoms with Crippen LogP contribution in [0.3, 0.4) is 0 Å². The maximum atomic E-state index is 15.1. The molecule has 3 rings (SSSR count). The number of aromatic hydroxyl groups is 1. The Morgan fingerprint density at radius 1 is 1.46 bits per heavy atom. The molecular weight excluding hydrogens is 363 g/mol. The van der Waals surface area contributed by atoms with Gasteiger partial charge in [0.2, 0.25) is 0 Å². The standard InChI is InChI=1S/C16H23FN4O4S/c1-9(2)3-4-18-10-5-11-12(19-7-10)6-13(22)16(15(11)17)21-14(23)8-20-26(21,24)25/h6,9-10,18-20,22H,3-5,7-8H2,1-2H3. The third kappa shape index (κ3) is 3.49. The molecule has 8 nitrogen and oxygen atoms in total. The van der Waals surface area contributed by atoms with Crippen LogP contribution in [0.5, 0.6) is 5.75 Å². The van der Waals surface area contributed by atoms with E-state index in [9.17, 15) is 18.3 Å². The molecule has 1 atom stereocenters. The first-order chi connectivity index (χ1) is 12.2. The smallest absolute Gasteiger partial charge is 0.308 e. The Bertz CT molecular complexity index is 828. The van der Waals surface area contributed by atoms with Crippen LogP contribution in [0.25, 0.3) is 0 Å². The number of rotatable bonds is 5. The fraction of sp³-hybridized carbons (Fsp3) is 0.562. The molecule has 1 aromatic rings. The molecule has 144 valence electrons. The van der Waals surface area contributed by atoms with E-state index in [4.69, 9.17) is 0 Å². The average molecular weight is 386 g/mol. The molecule has 1 amide bonds. The molecule has 1 fully saturated rings. The Morgan fingerprint density at radius 3 is 2.81 bits per heavy atom. The lowest BCUT2D eigenvalue weighted by Gasteiger charge is -2.29. The van der Waals surface area contributed by atoms with Gasteiger partial charge in [-0.25, -0.2) is 4.39 Å². The van der Waals surface area contributed by atoms with E-state index < -0.39 is 39.9 Å². The summed E-state index contributed by atoms with van der Waals surface area (Å²) >= 11 is 0. The minimum absolute atomic E-state index is 0.0304. The number of halogens is 1. The molecule has 0 radical (unpaired) electrons. The molecule has 0 aliphatic carbocycles. The predicted octanol–water partition coefficient (Wildman–Crippen LogP) is 0.685. The van der Waals surface area contributed by atoms with Gasteiger partial charge in [-0.3, -0.25) is 4.79 Å². The zero-order valence-electron chi connectivity index (χ0n) is 14.7. The van der Waals surface area contributed by atoms with Crippen molar-refractivity contribution in [3.63, 3.8) is 0 Å². The van der Waals surface area contributed by atoms with Crippen LogP contribution in [0, 0.1) is 11.7 Å². The van der Waals surface area contributed by atoms with Crippen LogP contribution in [-0.4, -0.2) is 45.1 Å². The number of phenols is 1. The molecule has 2 aliphatic heterocycles. The molecular formula is C16H23FN4O4S. The molecule has 0 spiro atoms. The van der Waals surface area contributed by atoms with Crippen molar-refractivity contribution in [2.45, 2.75) is 32.7 Å². The van der Waals surface area contributed by atoms with E-state index in [2.05, 4.69) is 24.5 Å². The quantitative estimate of drug-likeness (QED) is 0.592. The summed E-state index contributed by atoms with van der Waals surface area (Å²) < 4.78 is 41.4. The van der Waals surface area contributed by atoms with Crippen LogP contribution >= 0.6 is 0 Å². The Balaban J connectivity index is 1.90. The lowest BCUT2D eigenvalue weighted by molar-refractivity contribution is -0.115. The molecule has 0 bridgehead atoms. The Hall–Kier alpha value is -1.91. The zero-order valence-corrected chi connectivity index (χ0v) is 15.5. The highest BCUT2D eigenvalue weighted by atomic mass is 32.2. The normalized spacial score (nSPS) is 21.8. The number of fused-ring (bicyclic) bond motifs is 1. The van der Waals surface area contributed by atoms with Gasteiger partial charge in [0.15, 0.2) is 5.82 Å². The summed E-state index contributed by atoms with van der Waals surface area (Å²) in [7, 11) is -4.20. The second-order valence-corrected chi connectivity index (χ2v) is 8.59. The molecule has 2 aliphatic rings. The summed E-state index contributed by atoms with van der Waals surface area (Å²) in [6.45, 7) is 5.12. The predicted molar refractivity (Wildman–Crippen MR) is 95.9 cm³/mol. The highest BCUT2D eigenvalue weighted by Gasteiger charge is 2.41. The van der Waals surface area contributed by atoms with E-state index in [1.165, 1.54) is 6.07 Å². The maximum absolute atomic E-state index is 15.1. The molecule has 0 aromatic heterocycles. The average Bonchev–Trinajstić information content (AvgIpc) is 2.82. The first kappa shape index (κ1) is 18.9. The summed E-state index contributed by atoms with van der Waals surface area (Å²) in [4.78, 5) is 11.9. The fourth-order valence-electron chi connectivity index (χ4n) is 3.16. The molecule has 1 aromatic carbocycles. The van der Waals surface area contributed by atoms with Crippen LogP contribution in [-0.2, 0) is 21.4 Å². The highest BCUT2D eigenvalue weighted by Crippen LogP contribution is 2.40. The molecule has 1 saturated heterocycles. The third-order valence-corrected chi connectivity index (χ3v) is 5.92. The van der Waals surface area contributed by atoms with Crippen molar-refractivity contribution in [1.82, 2.24) is 10.0 Å². The summed E-state index contributed by atoms with van der Waals surface area (Å²) in [5.41, 5.74) is 0.0343. The van der Waals surface area contributed by atoms with Crippen LogP contribution < -0.4 is 19.7 Å². The van der Waals surface area contributed by atoms with E-state index >= 15 is 4.39 Å². The first-order valence-corrected chi connectivity index (χ1v) is 9.99. The van der Waals surface area contributed by atoms with Gasteiger partial charge in [-0.15, -0.1) is 0 Å². The number of benzene rings is 1. The van der Waals surface area contributed by atoms with Crippen molar-refractivity contribution in [2.24, 2.45) is 5.92 Å². The van der Waals surface area contributed by atoms with Crippen molar-refractivity contribution in [1.29, 1.82) is 0 Å². The highest BCUT2D eigenvalue weighted by molar-refractivity contribution is 7.92. The zero-order chi connectivity index (χ0) is 19.1. The summed E-state index contributed by atoms with van der Waals surface area (Å²) in [6, 6.07) is 1.23. The molecule has 2 heterocycles. The monoisotopic (exact) mass is 386 g/mol. The third-order valence-electron chi connectivity index (χ3n) is 4.54. The molecule has 26 heavy (non-hydrogen) atoms. The number of amides is 1. The largest absolute Gasteiger partial charge is 0.506 e. The van der Waals surface area contributed by atoms with Gasteiger partial charge in [-0.1, -0.05) is 13.8 Å². The van der Waals surface area contributed by atoms with Gasteiger partial charge < -0.3 is 15.7 Å². The number of nitrogens with zero attached hydrogens (tertiary/aromatic N) is 1. The van der Waals surface area contributed by atoms with Gasteiger partial charge in [0, 0.05) is 29.9 Å². The van der Waals surface area contributed by atoms with Crippen molar-refractivity contribution in [3.05, 3.63) is 17.4 Å².